The molecule has 86 valence electrons. The molecule has 0 fully saturated rings. The molecule has 0 bridgehead atoms. The number of fused-ring (bicyclic) bond motifs is 1. The third kappa shape index (κ3) is 1.91. The fourth-order valence-corrected chi connectivity index (χ4v) is 2.54. The van der Waals surface area contributed by atoms with E-state index in [-0.39, 0.29) is 0 Å². The van der Waals surface area contributed by atoms with Gasteiger partial charge in [-0.3, -0.25) is 4.98 Å². The van der Waals surface area contributed by atoms with E-state index >= 15 is 0 Å². The molecule has 1 N–H and O–H groups in total. The zero-order valence-electron chi connectivity index (χ0n) is 9.93. The first-order chi connectivity index (χ1) is 8.34. The summed E-state index contributed by atoms with van der Waals surface area (Å²) in [7, 11) is 0. The van der Waals surface area contributed by atoms with Gasteiger partial charge >= 0.3 is 0 Å². The summed E-state index contributed by atoms with van der Waals surface area (Å²) in [4.78, 5) is 4.44. The van der Waals surface area contributed by atoms with Gasteiger partial charge in [0, 0.05) is 6.20 Å². The van der Waals surface area contributed by atoms with Crippen LogP contribution in [-0.4, -0.2) is 4.98 Å². The van der Waals surface area contributed by atoms with E-state index in [1.165, 1.54) is 16.9 Å². The number of aromatic nitrogens is 1. The molecule has 2 nitrogen and oxygen atoms in total. The first-order valence-corrected chi connectivity index (χ1v) is 6.10. The Labute approximate surface area is 102 Å². The first-order valence-electron chi connectivity index (χ1n) is 6.10. The smallest absolute Gasteiger partial charge is 0.0638 e. The summed E-state index contributed by atoms with van der Waals surface area (Å²) < 4.78 is 0. The fourth-order valence-electron chi connectivity index (χ4n) is 2.54. The van der Waals surface area contributed by atoms with Gasteiger partial charge in [-0.25, -0.2) is 0 Å². The second-order valence-electron chi connectivity index (χ2n) is 4.71. The van der Waals surface area contributed by atoms with Crippen molar-refractivity contribution >= 4 is 5.69 Å². The van der Waals surface area contributed by atoms with Crippen molar-refractivity contribution in [2.24, 2.45) is 5.92 Å². The number of rotatable bonds is 1. The van der Waals surface area contributed by atoms with Crippen LogP contribution in [0.5, 0.6) is 0 Å². The monoisotopic (exact) mass is 224 g/mol. The van der Waals surface area contributed by atoms with Gasteiger partial charge < -0.3 is 5.32 Å². The van der Waals surface area contributed by atoms with Crippen LogP contribution in [0.1, 0.15) is 24.2 Å². The Morgan fingerprint density at radius 3 is 2.76 bits per heavy atom. The molecule has 2 unspecified atom stereocenters. The van der Waals surface area contributed by atoms with Gasteiger partial charge in [0.2, 0.25) is 0 Å². The van der Waals surface area contributed by atoms with E-state index in [0.29, 0.717) is 12.0 Å². The van der Waals surface area contributed by atoms with Crippen molar-refractivity contribution in [1.82, 2.24) is 4.98 Å². The van der Waals surface area contributed by atoms with E-state index in [2.05, 4.69) is 53.6 Å². The molecule has 1 aromatic heterocycles. The lowest BCUT2D eigenvalue weighted by Gasteiger charge is -2.32. The molecule has 2 atom stereocenters. The molecule has 1 aliphatic rings. The van der Waals surface area contributed by atoms with Crippen molar-refractivity contribution in [3.8, 4) is 0 Å². The van der Waals surface area contributed by atoms with Crippen LogP contribution in [0, 0.1) is 5.92 Å². The fraction of sp³-hybridized carbons (Fsp3) is 0.267. The van der Waals surface area contributed by atoms with Crippen molar-refractivity contribution < 1.29 is 0 Å². The van der Waals surface area contributed by atoms with E-state index in [1.807, 2.05) is 12.3 Å². The number of pyridine rings is 1. The Kier molecular flexibility index (Phi) is 2.56. The van der Waals surface area contributed by atoms with E-state index in [0.717, 1.165) is 6.42 Å². The lowest BCUT2D eigenvalue weighted by Crippen LogP contribution is -2.26. The molecule has 0 saturated carbocycles. The van der Waals surface area contributed by atoms with E-state index in [9.17, 15) is 0 Å². The number of benzene rings is 1. The molecular weight excluding hydrogens is 208 g/mol. The Morgan fingerprint density at radius 1 is 1.12 bits per heavy atom. The first kappa shape index (κ1) is 10.3. The topological polar surface area (TPSA) is 24.9 Å². The van der Waals surface area contributed by atoms with Gasteiger partial charge in [0.05, 0.1) is 17.4 Å². The minimum absolute atomic E-state index is 0.396. The zero-order chi connectivity index (χ0) is 11.7. The van der Waals surface area contributed by atoms with Gasteiger partial charge in [-0.1, -0.05) is 37.3 Å². The lowest BCUT2D eigenvalue weighted by atomic mass is 9.87. The Hall–Kier alpha value is -1.83. The van der Waals surface area contributed by atoms with E-state index in [4.69, 9.17) is 0 Å². The molecule has 2 heterocycles. The molecule has 0 radical (unpaired) electrons. The van der Waals surface area contributed by atoms with Crippen molar-refractivity contribution in [3.05, 3.63) is 59.9 Å². The molecule has 1 aliphatic heterocycles. The summed E-state index contributed by atoms with van der Waals surface area (Å²) in [5, 5.41) is 3.60. The maximum atomic E-state index is 4.44. The van der Waals surface area contributed by atoms with Crippen molar-refractivity contribution in [3.63, 3.8) is 0 Å². The number of anilines is 1. The predicted octanol–water partition coefficient (Wildman–Crippen LogP) is 3.43. The highest BCUT2D eigenvalue weighted by Gasteiger charge is 2.26. The number of nitrogens with zero attached hydrogens (tertiary/aromatic N) is 1. The Bertz CT molecular complexity index is 507. The average molecular weight is 224 g/mol. The van der Waals surface area contributed by atoms with Crippen LogP contribution in [0.15, 0.2) is 48.7 Å². The summed E-state index contributed by atoms with van der Waals surface area (Å²) >= 11 is 0. The van der Waals surface area contributed by atoms with Crippen molar-refractivity contribution in [1.29, 1.82) is 0 Å². The second-order valence-corrected chi connectivity index (χ2v) is 4.71. The molecule has 0 aliphatic carbocycles. The predicted molar refractivity (Wildman–Crippen MR) is 69.9 cm³/mol. The molecule has 2 aromatic rings. The molecule has 2 heteroatoms. The van der Waals surface area contributed by atoms with Crippen LogP contribution in [-0.2, 0) is 6.42 Å². The summed E-state index contributed by atoms with van der Waals surface area (Å²) in [6.07, 6.45) is 2.92. The standard InChI is InChI=1S/C15H16N2/c1-11-10-14-13(8-5-9-16-14)17-15(11)12-6-3-2-4-7-12/h2-9,11,15,17H,10H2,1H3. The molecule has 0 saturated heterocycles. The van der Waals surface area contributed by atoms with Gasteiger partial charge in [0.15, 0.2) is 0 Å². The average Bonchev–Trinajstić information content (AvgIpc) is 2.39. The minimum atomic E-state index is 0.396. The van der Waals surface area contributed by atoms with E-state index in [1.54, 1.807) is 0 Å². The molecule has 0 amide bonds. The van der Waals surface area contributed by atoms with Gasteiger partial charge in [-0.2, -0.15) is 0 Å². The highest BCUT2D eigenvalue weighted by Crippen LogP contribution is 2.35. The zero-order valence-corrected chi connectivity index (χ0v) is 9.93. The largest absolute Gasteiger partial charge is 0.376 e. The SMILES string of the molecule is CC1Cc2ncccc2NC1c1ccccc1. The summed E-state index contributed by atoms with van der Waals surface area (Å²) in [5.41, 5.74) is 3.72. The third-order valence-electron chi connectivity index (χ3n) is 3.44. The van der Waals surface area contributed by atoms with Crippen LogP contribution in [0.2, 0.25) is 0 Å². The number of hydrogen-bond donors (Lipinski definition) is 1. The van der Waals surface area contributed by atoms with Crippen LogP contribution in [0.4, 0.5) is 5.69 Å². The lowest BCUT2D eigenvalue weighted by molar-refractivity contribution is 0.472. The molecule has 17 heavy (non-hydrogen) atoms. The van der Waals surface area contributed by atoms with Gasteiger partial charge in [-0.05, 0) is 30.0 Å². The van der Waals surface area contributed by atoms with Gasteiger partial charge in [0.1, 0.15) is 0 Å². The maximum Gasteiger partial charge on any atom is 0.0638 e. The van der Waals surface area contributed by atoms with Crippen LogP contribution >= 0.6 is 0 Å². The quantitative estimate of drug-likeness (QED) is 0.802. The van der Waals surface area contributed by atoms with Crippen LogP contribution in [0.25, 0.3) is 0 Å². The molecule has 0 spiro atoms. The second kappa shape index (κ2) is 4.21. The molecule has 3 rings (SSSR count). The molecule has 1 aromatic carbocycles. The number of hydrogen-bond acceptors (Lipinski definition) is 2. The minimum Gasteiger partial charge on any atom is -0.376 e. The Morgan fingerprint density at radius 2 is 1.94 bits per heavy atom. The molecular formula is C15H16N2. The number of nitrogens with one attached hydrogen (secondary N) is 1. The Balaban J connectivity index is 1.95. The summed E-state index contributed by atoms with van der Waals surface area (Å²) in [6, 6.07) is 15.1. The highest BCUT2D eigenvalue weighted by atomic mass is 15.0. The van der Waals surface area contributed by atoms with E-state index < -0.39 is 0 Å². The summed E-state index contributed by atoms with van der Waals surface area (Å²) in [5.74, 6) is 0.569. The highest BCUT2D eigenvalue weighted by molar-refractivity contribution is 5.52. The van der Waals surface area contributed by atoms with Gasteiger partial charge in [-0.15, -0.1) is 0 Å². The van der Waals surface area contributed by atoms with Crippen LogP contribution < -0.4 is 5.32 Å². The van der Waals surface area contributed by atoms with Crippen molar-refractivity contribution in [2.45, 2.75) is 19.4 Å². The normalized spacial score (nSPS) is 22.6. The van der Waals surface area contributed by atoms with Crippen LogP contribution in [0.3, 0.4) is 0 Å². The maximum absolute atomic E-state index is 4.44. The van der Waals surface area contributed by atoms with Crippen molar-refractivity contribution in [2.75, 3.05) is 5.32 Å². The summed E-state index contributed by atoms with van der Waals surface area (Å²) in [6.45, 7) is 2.28. The third-order valence-corrected chi connectivity index (χ3v) is 3.44. The van der Waals surface area contributed by atoms with Gasteiger partial charge in [0.25, 0.3) is 0 Å².